The fourth-order valence-electron chi connectivity index (χ4n) is 0.844. The van der Waals surface area contributed by atoms with Gasteiger partial charge in [0.25, 0.3) is 0 Å². The molecule has 72 valence electrons. The largest absolute Gasteiger partial charge is 0.461 e. The Balaban J connectivity index is 0.00000144. The molecule has 0 saturated heterocycles. The van der Waals surface area contributed by atoms with Crippen molar-refractivity contribution in [2.45, 2.75) is 20.5 Å². The Bertz CT molecular complexity index is 289. The van der Waals surface area contributed by atoms with Crippen LogP contribution < -0.4 is 0 Å². The number of halogens is 1. The van der Waals surface area contributed by atoms with E-state index >= 15 is 0 Å². The van der Waals surface area contributed by atoms with Gasteiger partial charge in [0.05, 0.1) is 0 Å². The van der Waals surface area contributed by atoms with Crippen LogP contribution in [0.3, 0.4) is 0 Å². The molecule has 0 radical (unpaired) electrons. The molecule has 0 aliphatic carbocycles. The number of aromatic nitrogens is 1. The van der Waals surface area contributed by atoms with Crippen molar-refractivity contribution in [1.82, 2.24) is 4.98 Å². The van der Waals surface area contributed by atoms with Gasteiger partial charge in [0.1, 0.15) is 6.61 Å². The standard InChI is InChI=1S/C9H11NO2.ClH/c1-7-5-10-4-3-9(7)6-12-8(2)11;/h3-5H,6H2,1-2H3;1H. The van der Waals surface area contributed by atoms with E-state index in [-0.39, 0.29) is 18.4 Å². The second-order valence-electron chi connectivity index (χ2n) is 2.58. The maximum absolute atomic E-state index is 10.5. The minimum absolute atomic E-state index is 0. The van der Waals surface area contributed by atoms with E-state index < -0.39 is 0 Å². The summed E-state index contributed by atoms with van der Waals surface area (Å²) >= 11 is 0. The van der Waals surface area contributed by atoms with Crippen LogP contribution >= 0.6 is 12.4 Å². The molecule has 0 N–H and O–H groups in total. The average Bonchev–Trinajstić information content (AvgIpc) is 2.03. The molecule has 1 aromatic heterocycles. The summed E-state index contributed by atoms with van der Waals surface area (Å²) in [7, 11) is 0. The van der Waals surface area contributed by atoms with E-state index in [1.165, 1.54) is 6.92 Å². The third-order valence-corrected chi connectivity index (χ3v) is 1.57. The zero-order valence-electron chi connectivity index (χ0n) is 7.61. The fraction of sp³-hybridized carbons (Fsp3) is 0.333. The molecule has 1 heterocycles. The van der Waals surface area contributed by atoms with E-state index in [2.05, 4.69) is 4.98 Å². The van der Waals surface area contributed by atoms with Crippen LogP contribution in [0, 0.1) is 6.92 Å². The lowest BCUT2D eigenvalue weighted by Crippen LogP contribution is -2.00. The molecule has 1 rings (SSSR count). The lowest BCUT2D eigenvalue weighted by Gasteiger charge is -2.03. The Hall–Kier alpha value is -1.09. The number of carbonyl (C=O) groups excluding carboxylic acids is 1. The van der Waals surface area contributed by atoms with E-state index in [4.69, 9.17) is 4.74 Å². The van der Waals surface area contributed by atoms with Gasteiger partial charge in [0.15, 0.2) is 0 Å². The molecular weight excluding hydrogens is 190 g/mol. The van der Waals surface area contributed by atoms with Gasteiger partial charge >= 0.3 is 5.97 Å². The normalized spacial score (nSPS) is 8.77. The maximum Gasteiger partial charge on any atom is 0.302 e. The lowest BCUT2D eigenvalue weighted by molar-refractivity contribution is -0.142. The second kappa shape index (κ2) is 5.54. The number of carbonyl (C=O) groups is 1. The highest BCUT2D eigenvalue weighted by Gasteiger charge is 1.98. The highest BCUT2D eigenvalue weighted by Crippen LogP contribution is 2.06. The molecule has 0 bridgehead atoms. The Labute approximate surface area is 83.5 Å². The SMILES string of the molecule is CC(=O)OCc1ccncc1C.Cl. The van der Waals surface area contributed by atoms with Crippen LogP contribution in [0.15, 0.2) is 18.5 Å². The van der Waals surface area contributed by atoms with Crippen LogP contribution in [0.5, 0.6) is 0 Å². The van der Waals surface area contributed by atoms with Gasteiger partial charge in [0.2, 0.25) is 0 Å². The summed E-state index contributed by atoms with van der Waals surface area (Å²) in [6.45, 7) is 3.67. The van der Waals surface area contributed by atoms with Crippen LogP contribution in [-0.4, -0.2) is 11.0 Å². The van der Waals surface area contributed by atoms with Crippen molar-refractivity contribution in [2.24, 2.45) is 0 Å². The fourth-order valence-corrected chi connectivity index (χ4v) is 0.844. The quantitative estimate of drug-likeness (QED) is 0.686. The molecule has 0 aromatic carbocycles. The van der Waals surface area contributed by atoms with Crippen molar-refractivity contribution in [3.05, 3.63) is 29.6 Å². The predicted octanol–water partition coefficient (Wildman–Crippen LogP) is 1.87. The number of rotatable bonds is 2. The van der Waals surface area contributed by atoms with Crippen LogP contribution in [0.4, 0.5) is 0 Å². The molecule has 0 atom stereocenters. The first-order valence-corrected chi connectivity index (χ1v) is 3.73. The zero-order valence-corrected chi connectivity index (χ0v) is 8.43. The van der Waals surface area contributed by atoms with E-state index in [0.717, 1.165) is 11.1 Å². The first-order valence-electron chi connectivity index (χ1n) is 3.73. The van der Waals surface area contributed by atoms with Crippen molar-refractivity contribution >= 4 is 18.4 Å². The van der Waals surface area contributed by atoms with Gasteiger partial charge in [-0.05, 0) is 24.1 Å². The Morgan fingerprint density at radius 3 is 2.85 bits per heavy atom. The summed E-state index contributed by atoms with van der Waals surface area (Å²) in [6.07, 6.45) is 3.44. The van der Waals surface area contributed by atoms with Crippen molar-refractivity contribution in [1.29, 1.82) is 0 Å². The van der Waals surface area contributed by atoms with Crippen molar-refractivity contribution in [2.75, 3.05) is 0 Å². The number of aryl methyl sites for hydroxylation is 1. The first-order chi connectivity index (χ1) is 5.70. The van der Waals surface area contributed by atoms with E-state index in [1.54, 1.807) is 12.4 Å². The average molecular weight is 202 g/mol. The number of esters is 1. The van der Waals surface area contributed by atoms with Crippen molar-refractivity contribution in [3.63, 3.8) is 0 Å². The number of nitrogens with zero attached hydrogens (tertiary/aromatic N) is 1. The molecule has 4 heteroatoms. The summed E-state index contributed by atoms with van der Waals surface area (Å²) in [6, 6.07) is 1.85. The van der Waals surface area contributed by atoms with Crippen LogP contribution in [0.25, 0.3) is 0 Å². The summed E-state index contributed by atoms with van der Waals surface area (Å²) in [4.78, 5) is 14.4. The summed E-state index contributed by atoms with van der Waals surface area (Å²) in [5.41, 5.74) is 2.04. The molecule has 0 fully saturated rings. The van der Waals surface area contributed by atoms with Crippen LogP contribution in [0.1, 0.15) is 18.1 Å². The topological polar surface area (TPSA) is 39.2 Å². The smallest absolute Gasteiger partial charge is 0.302 e. The monoisotopic (exact) mass is 201 g/mol. The van der Waals surface area contributed by atoms with E-state index in [9.17, 15) is 4.79 Å². The Morgan fingerprint density at radius 2 is 2.31 bits per heavy atom. The van der Waals surface area contributed by atoms with Crippen LogP contribution in [0.2, 0.25) is 0 Å². The number of ether oxygens (including phenoxy) is 1. The summed E-state index contributed by atoms with van der Waals surface area (Å²) in [5, 5.41) is 0. The van der Waals surface area contributed by atoms with E-state index in [1.807, 2.05) is 13.0 Å². The molecule has 0 amide bonds. The van der Waals surface area contributed by atoms with Gasteiger partial charge in [-0.15, -0.1) is 12.4 Å². The molecule has 0 aliphatic rings. The predicted molar refractivity (Wildman–Crippen MR) is 51.7 cm³/mol. The first kappa shape index (κ1) is 11.9. The molecule has 0 aliphatic heterocycles. The highest BCUT2D eigenvalue weighted by atomic mass is 35.5. The van der Waals surface area contributed by atoms with Gasteiger partial charge in [-0.1, -0.05) is 0 Å². The lowest BCUT2D eigenvalue weighted by atomic mass is 10.2. The van der Waals surface area contributed by atoms with Gasteiger partial charge in [-0.25, -0.2) is 0 Å². The minimum Gasteiger partial charge on any atom is -0.461 e. The third kappa shape index (κ3) is 3.90. The molecular formula is C9H12ClNO2. The summed E-state index contributed by atoms with van der Waals surface area (Å²) < 4.78 is 4.84. The van der Waals surface area contributed by atoms with E-state index in [0.29, 0.717) is 6.61 Å². The third-order valence-electron chi connectivity index (χ3n) is 1.57. The Kier molecular flexibility index (Phi) is 5.07. The van der Waals surface area contributed by atoms with Crippen molar-refractivity contribution < 1.29 is 9.53 Å². The van der Waals surface area contributed by atoms with Crippen molar-refractivity contribution in [3.8, 4) is 0 Å². The molecule has 13 heavy (non-hydrogen) atoms. The summed E-state index contributed by atoms with van der Waals surface area (Å²) in [5.74, 6) is -0.258. The van der Waals surface area contributed by atoms with Crippen LogP contribution in [-0.2, 0) is 16.1 Å². The maximum atomic E-state index is 10.5. The molecule has 1 aromatic rings. The van der Waals surface area contributed by atoms with Gasteiger partial charge < -0.3 is 4.74 Å². The minimum atomic E-state index is -0.258. The molecule has 0 spiro atoms. The van der Waals surface area contributed by atoms with Gasteiger partial charge in [-0.2, -0.15) is 0 Å². The zero-order chi connectivity index (χ0) is 8.97. The molecule has 0 unspecified atom stereocenters. The number of hydrogen-bond donors (Lipinski definition) is 0. The second-order valence-corrected chi connectivity index (χ2v) is 2.58. The Morgan fingerprint density at radius 1 is 1.62 bits per heavy atom. The molecule has 0 saturated carbocycles. The highest BCUT2D eigenvalue weighted by molar-refractivity contribution is 5.85. The number of pyridine rings is 1. The number of hydrogen-bond acceptors (Lipinski definition) is 3. The van der Waals surface area contributed by atoms with Gasteiger partial charge in [-0.3, -0.25) is 9.78 Å². The van der Waals surface area contributed by atoms with Gasteiger partial charge in [0, 0.05) is 19.3 Å². The molecule has 3 nitrogen and oxygen atoms in total.